The number of rotatable bonds is 10. The second kappa shape index (κ2) is 9.85. The highest BCUT2D eigenvalue weighted by molar-refractivity contribution is 5.92. The van der Waals surface area contributed by atoms with Crippen LogP contribution < -0.4 is 4.74 Å². The van der Waals surface area contributed by atoms with Gasteiger partial charge in [-0.1, -0.05) is 45.7 Å². The van der Waals surface area contributed by atoms with E-state index in [-0.39, 0.29) is 11.8 Å². The molecule has 1 aromatic heterocycles. The van der Waals surface area contributed by atoms with Gasteiger partial charge in [0, 0.05) is 11.0 Å². The summed E-state index contributed by atoms with van der Waals surface area (Å²) in [6.45, 7) is 6.78. The molecule has 0 saturated carbocycles. The fraction of sp³-hybridized carbons (Fsp3) is 0.400. The number of unbranched alkanes of at least 4 members (excludes halogenated alkanes) is 2. The predicted molar refractivity (Wildman–Crippen MR) is 121 cm³/mol. The molecule has 0 aliphatic rings. The molecule has 3 aromatic rings. The van der Waals surface area contributed by atoms with Crippen LogP contribution in [0.15, 0.2) is 47.1 Å². The van der Waals surface area contributed by atoms with Crippen LogP contribution in [-0.4, -0.2) is 33.7 Å². The second-order valence-corrected chi connectivity index (χ2v) is 8.94. The molecule has 170 valence electrons. The summed E-state index contributed by atoms with van der Waals surface area (Å²) in [5.41, 5.74) is 1.76. The fourth-order valence-corrected chi connectivity index (χ4v) is 3.37. The van der Waals surface area contributed by atoms with Crippen molar-refractivity contribution >= 4 is 22.7 Å². The summed E-state index contributed by atoms with van der Waals surface area (Å²) in [5, 5.41) is 19.9. The number of ether oxygens (including phenoxy) is 1. The normalized spacial score (nSPS) is 11.8. The highest BCUT2D eigenvalue weighted by atomic mass is 16.5. The van der Waals surface area contributed by atoms with E-state index in [1.165, 1.54) is 0 Å². The lowest BCUT2D eigenvalue weighted by Gasteiger charge is -2.13. The van der Waals surface area contributed by atoms with Crippen LogP contribution in [0.3, 0.4) is 0 Å². The fourth-order valence-electron chi connectivity index (χ4n) is 3.37. The molecule has 7 heteroatoms. The van der Waals surface area contributed by atoms with E-state index in [1.54, 1.807) is 6.26 Å². The molecule has 0 aliphatic heterocycles. The summed E-state index contributed by atoms with van der Waals surface area (Å²) in [4.78, 5) is 26.4. The maximum Gasteiger partial charge on any atom is 0.317 e. The number of benzene rings is 2. The van der Waals surface area contributed by atoms with Gasteiger partial charge in [-0.2, -0.15) is 0 Å². The molecular weight excluding hydrogens is 410 g/mol. The Balaban J connectivity index is 1.54. The van der Waals surface area contributed by atoms with Crippen molar-refractivity contribution in [3.8, 4) is 17.2 Å². The van der Waals surface area contributed by atoms with Gasteiger partial charge in [-0.05, 0) is 47.9 Å². The van der Waals surface area contributed by atoms with Gasteiger partial charge in [0.05, 0.1) is 12.3 Å². The molecule has 0 radical (unpaired) electrons. The third-order valence-electron chi connectivity index (χ3n) is 5.33. The van der Waals surface area contributed by atoms with Gasteiger partial charge < -0.3 is 19.4 Å². The topological polar surface area (TPSA) is 110 Å². The van der Waals surface area contributed by atoms with E-state index in [2.05, 4.69) is 25.8 Å². The van der Waals surface area contributed by atoms with Gasteiger partial charge in [0.25, 0.3) is 0 Å². The van der Waals surface area contributed by atoms with E-state index in [4.69, 9.17) is 19.4 Å². The van der Waals surface area contributed by atoms with Crippen molar-refractivity contribution in [2.75, 3.05) is 6.61 Å². The van der Waals surface area contributed by atoms with Crippen LogP contribution in [0, 0.1) is 5.92 Å². The molecular formula is C25H29NO6. The number of carboxylic acids is 2. The summed E-state index contributed by atoms with van der Waals surface area (Å²) < 4.78 is 11.5. The summed E-state index contributed by atoms with van der Waals surface area (Å²) in [7, 11) is 0. The third-order valence-corrected chi connectivity index (χ3v) is 5.33. The quantitative estimate of drug-likeness (QED) is 0.316. The molecule has 3 rings (SSSR count). The van der Waals surface area contributed by atoms with Gasteiger partial charge in [-0.15, -0.1) is 0 Å². The van der Waals surface area contributed by atoms with Crippen LogP contribution in [-0.2, 0) is 15.0 Å². The monoisotopic (exact) mass is 439 g/mol. The first-order chi connectivity index (χ1) is 15.1. The van der Waals surface area contributed by atoms with Crippen molar-refractivity contribution in [3.63, 3.8) is 0 Å². The van der Waals surface area contributed by atoms with Crippen LogP contribution in [0.1, 0.15) is 52.1 Å². The minimum absolute atomic E-state index is 0.0704. The standard InChI is InChI=1S/C25H29NO6/c1-25(2,3)21-15-32-22(26-21)18-9-8-17-14-19(11-10-16(17)13-18)31-12-6-4-5-7-20(23(27)28)24(29)30/h8-11,13-15,20H,4-7,12H2,1-3H3,(H,27,28)(H,29,30). The van der Waals surface area contributed by atoms with Gasteiger partial charge in [-0.25, -0.2) is 4.98 Å². The third kappa shape index (κ3) is 5.87. The summed E-state index contributed by atoms with van der Waals surface area (Å²) in [6, 6.07) is 11.9. The predicted octanol–water partition coefficient (Wildman–Crippen LogP) is 5.52. The average molecular weight is 440 g/mol. The molecule has 7 nitrogen and oxygen atoms in total. The molecule has 1 heterocycles. The number of hydrogen-bond acceptors (Lipinski definition) is 5. The summed E-state index contributed by atoms with van der Waals surface area (Å²) in [6.07, 6.45) is 3.81. The van der Waals surface area contributed by atoms with Crippen LogP contribution in [0.2, 0.25) is 0 Å². The SMILES string of the molecule is CC(C)(C)c1coc(-c2ccc3cc(OCCCCCC(C(=O)O)C(=O)O)ccc3c2)n1. The average Bonchev–Trinajstić information content (AvgIpc) is 3.23. The number of nitrogens with zero attached hydrogens (tertiary/aromatic N) is 1. The Hall–Kier alpha value is -3.35. The van der Waals surface area contributed by atoms with Crippen molar-refractivity contribution in [3.05, 3.63) is 48.4 Å². The first kappa shape index (κ1) is 23.3. The zero-order valence-corrected chi connectivity index (χ0v) is 18.6. The number of hydrogen-bond donors (Lipinski definition) is 2. The van der Waals surface area contributed by atoms with Crippen LogP contribution in [0.25, 0.3) is 22.2 Å². The first-order valence-corrected chi connectivity index (χ1v) is 10.7. The molecule has 0 bridgehead atoms. The Labute approximate surface area is 187 Å². The van der Waals surface area contributed by atoms with Crippen molar-refractivity contribution in [1.29, 1.82) is 0 Å². The summed E-state index contributed by atoms with van der Waals surface area (Å²) in [5.74, 6) is -2.55. The van der Waals surface area contributed by atoms with Gasteiger partial charge >= 0.3 is 11.9 Å². The molecule has 0 unspecified atom stereocenters. The molecule has 0 atom stereocenters. The highest BCUT2D eigenvalue weighted by Gasteiger charge is 2.24. The van der Waals surface area contributed by atoms with Crippen LogP contribution in [0.4, 0.5) is 0 Å². The van der Waals surface area contributed by atoms with Crippen LogP contribution in [0.5, 0.6) is 5.75 Å². The molecule has 32 heavy (non-hydrogen) atoms. The Morgan fingerprint density at radius 1 is 1.00 bits per heavy atom. The zero-order chi connectivity index (χ0) is 23.3. The van der Waals surface area contributed by atoms with E-state index >= 15 is 0 Å². The minimum Gasteiger partial charge on any atom is -0.494 e. The maximum absolute atomic E-state index is 10.9. The van der Waals surface area contributed by atoms with Gasteiger partial charge in [-0.3, -0.25) is 9.59 Å². The lowest BCUT2D eigenvalue weighted by atomic mass is 9.93. The van der Waals surface area contributed by atoms with Crippen LogP contribution >= 0.6 is 0 Å². The number of aliphatic carboxylic acids is 2. The maximum atomic E-state index is 10.9. The smallest absolute Gasteiger partial charge is 0.317 e. The van der Waals surface area contributed by atoms with Gasteiger partial charge in [0.2, 0.25) is 5.89 Å². The molecule has 0 fully saturated rings. The largest absolute Gasteiger partial charge is 0.494 e. The van der Waals surface area contributed by atoms with Gasteiger partial charge in [0.1, 0.15) is 12.0 Å². The Bertz CT molecular complexity index is 1080. The van der Waals surface area contributed by atoms with Crippen molar-refractivity contribution in [1.82, 2.24) is 4.98 Å². The number of fused-ring (bicyclic) bond motifs is 1. The molecule has 2 N–H and O–H groups in total. The lowest BCUT2D eigenvalue weighted by molar-refractivity contribution is -0.154. The van der Waals surface area contributed by atoms with Crippen molar-refractivity contribution in [2.45, 2.75) is 51.9 Å². The van der Waals surface area contributed by atoms with Gasteiger partial charge in [0.15, 0.2) is 5.92 Å². The minimum atomic E-state index is -1.34. The Morgan fingerprint density at radius 3 is 2.34 bits per heavy atom. The molecule has 0 aliphatic carbocycles. The van der Waals surface area contributed by atoms with E-state index in [0.29, 0.717) is 25.3 Å². The van der Waals surface area contributed by atoms with E-state index in [1.807, 2.05) is 36.4 Å². The molecule has 0 amide bonds. The van der Waals surface area contributed by atoms with Crippen molar-refractivity contribution in [2.24, 2.45) is 5.92 Å². The number of aromatic nitrogens is 1. The van der Waals surface area contributed by atoms with E-state index in [0.717, 1.165) is 34.2 Å². The number of oxazole rings is 1. The second-order valence-electron chi connectivity index (χ2n) is 8.94. The number of carbonyl (C=O) groups is 2. The highest BCUT2D eigenvalue weighted by Crippen LogP contribution is 2.29. The first-order valence-electron chi connectivity index (χ1n) is 10.7. The van der Waals surface area contributed by atoms with E-state index < -0.39 is 17.9 Å². The van der Waals surface area contributed by atoms with E-state index in [9.17, 15) is 9.59 Å². The Morgan fingerprint density at radius 2 is 1.69 bits per heavy atom. The lowest BCUT2D eigenvalue weighted by Crippen LogP contribution is -2.23. The number of carboxylic acid groups (broad SMARTS) is 2. The Kier molecular flexibility index (Phi) is 7.18. The molecule has 0 saturated heterocycles. The molecule has 0 spiro atoms. The summed E-state index contributed by atoms with van der Waals surface area (Å²) >= 11 is 0. The van der Waals surface area contributed by atoms with Crippen molar-refractivity contribution < 1.29 is 29.0 Å². The zero-order valence-electron chi connectivity index (χ0n) is 18.6. The molecule has 2 aromatic carbocycles.